The van der Waals surface area contributed by atoms with Crippen LogP contribution in [0.15, 0.2) is 0 Å². The third-order valence-electron chi connectivity index (χ3n) is 4.54. The summed E-state index contributed by atoms with van der Waals surface area (Å²) in [5.74, 6) is -0.429. The molecular weight excluding hydrogens is 354 g/mol. The van der Waals surface area contributed by atoms with Crippen LogP contribution in [-0.4, -0.2) is 107 Å². The maximum absolute atomic E-state index is 11.2. The highest BCUT2D eigenvalue weighted by Gasteiger charge is 2.47. The van der Waals surface area contributed by atoms with Crippen LogP contribution in [0.25, 0.3) is 0 Å². The van der Waals surface area contributed by atoms with Gasteiger partial charge in [-0.25, -0.2) is 0 Å². The minimum Gasteiger partial charge on any atom is -0.388 e. The Hall–Kier alpha value is -0.890. The summed E-state index contributed by atoms with van der Waals surface area (Å²) in [7, 11) is 1.31. The highest BCUT2D eigenvalue weighted by molar-refractivity contribution is 5.73. The van der Waals surface area contributed by atoms with Crippen LogP contribution in [0.1, 0.15) is 13.8 Å². The molecule has 2 heterocycles. The number of carbonyl (C=O) groups excluding carboxylic acids is 1. The van der Waals surface area contributed by atoms with Gasteiger partial charge in [-0.1, -0.05) is 0 Å². The summed E-state index contributed by atoms with van der Waals surface area (Å²) in [6, 6.07) is -0.975. The zero-order valence-electron chi connectivity index (χ0n) is 14.8. The minimum absolute atomic E-state index is 0.303. The molecule has 152 valence electrons. The number of rotatable bonds is 5. The van der Waals surface area contributed by atoms with Crippen LogP contribution in [0, 0.1) is 0 Å². The number of aliphatic hydroxyl groups is 5. The van der Waals surface area contributed by atoms with Crippen molar-refractivity contribution in [3.63, 3.8) is 0 Å². The van der Waals surface area contributed by atoms with Crippen LogP contribution in [0.2, 0.25) is 0 Å². The Kier molecular flexibility index (Phi) is 7.30. The van der Waals surface area contributed by atoms with Crippen LogP contribution in [0.5, 0.6) is 0 Å². The van der Waals surface area contributed by atoms with Crippen molar-refractivity contribution in [1.82, 2.24) is 5.32 Å². The van der Waals surface area contributed by atoms with E-state index in [-0.39, 0.29) is 6.61 Å². The van der Waals surface area contributed by atoms with Crippen LogP contribution in [0.3, 0.4) is 0 Å². The van der Waals surface area contributed by atoms with Gasteiger partial charge in [-0.2, -0.15) is 0 Å². The van der Waals surface area contributed by atoms with Gasteiger partial charge in [0.1, 0.15) is 42.7 Å². The van der Waals surface area contributed by atoms with Gasteiger partial charge in [-0.3, -0.25) is 4.79 Å². The van der Waals surface area contributed by atoms with Crippen molar-refractivity contribution in [2.75, 3.05) is 13.7 Å². The molecular formula is C15H27NO10. The van der Waals surface area contributed by atoms with Crippen LogP contribution < -0.4 is 5.32 Å². The molecule has 0 aromatic heterocycles. The summed E-state index contributed by atoms with van der Waals surface area (Å²) in [5, 5.41) is 52.3. The largest absolute Gasteiger partial charge is 0.388 e. The monoisotopic (exact) mass is 381 g/mol. The van der Waals surface area contributed by atoms with Gasteiger partial charge in [0.25, 0.3) is 0 Å². The Labute approximate surface area is 150 Å². The Morgan fingerprint density at radius 2 is 1.62 bits per heavy atom. The molecule has 2 saturated heterocycles. The Bertz CT molecular complexity index is 477. The van der Waals surface area contributed by atoms with Gasteiger partial charge in [-0.05, 0) is 6.92 Å². The first kappa shape index (κ1) is 21.4. The molecule has 2 fully saturated rings. The standard InChI is InChI=1S/C15H27NO10/c1-5-9(18)12(21)13(22)15(25-5)24-4-7-10(19)11(20)8(16-6(2)17)14(23-3)26-7/h5,7-15,18-22H,4H2,1-3H3,(H,16,17)/t5-,7+,8+,9+,10+,11+,12+,13-,14+,15+/m0/s1. The van der Waals surface area contributed by atoms with Gasteiger partial charge in [0.2, 0.25) is 5.91 Å². The van der Waals surface area contributed by atoms with Crippen molar-refractivity contribution in [1.29, 1.82) is 0 Å². The predicted octanol–water partition coefficient (Wildman–Crippen LogP) is -3.57. The summed E-state index contributed by atoms with van der Waals surface area (Å²) in [6.07, 6.45) is -11.1. The van der Waals surface area contributed by atoms with Gasteiger partial charge in [0.15, 0.2) is 12.6 Å². The first-order valence-electron chi connectivity index (χ1n) is 8.30. The summed E-state index contributed by atoms with van der Waals surface area (Å²) in [4.78, 5) is 11.2. The minimum atomic E-state index is -1.50. The molecule has 0 bridgehead atoms. The Morgan fingerprint density at radius 1 is 0.962 bits per heavy atom. The topological polar surface area (TPSA) is 167 Å². The number of carbonyl (C=O) groups is 1. The third kappa shape index (κ3) is 4.50. The van der Waals surface area contributed by atoms with Crippen molar-refractivity contribution in [2.45, 2.75) is 75.2 Å². The number of aliphatic hydroxyl groups excluding tert-OH is 5. The third-order valence-corrected chi connectivity index (χ3v) is 4.54. The average Bonchev–Trinajstić information content (AvgIpc) is 2.60. The first-order chi connectivity index (χ1) is 12.2. The lowest BCUT2D eigenvalue weighted by Crippen LogP contribution is -2.65. The molecule has 0 unspecified atom stereocenters. The number of nitrogens with one attached hydrogen (secondary N) is 1. The van der Waals surface area contributed by atoms with Gasteiger partial charge >= 0.3 is 0 Å². The highest BCUT2D eigenvalue weighted by atomic mass is 16.7. The van der Waals surface area contributed by atoms with Crippen molar-refractivity contribution in [3.8, 4) is 0 Å². The fourth-order valence-corrected chi connectivity index (χ4v) is 3.00. The molecule has 2 rings (SSSR count). The van der Waals surface area contributed by atoms with E-state index in [4.69, 9.17) is 18.9 Å². The molecule has 0 aromatic carbocycles. The SMILES string of the molecule is CO[C@@H]1O[C@H](CO[C@@H]2O[C@@H](C)[C@@H](O)[C@@H](O)[C@@H]2O)[C@@H](O)[C@H](O)[C@H]1NC(C)=O. The first-order valence-corrected chi connectivity index (χ1v) is 8.30. The second-order valence-electron chi connectivity index (χ2n) is 6.50. The molecule has 0 aliphatic carbocycles. The number of methoxy groups -OCH3 is 1. The molecule has 0 aromatic rings. The Morgan fingerprint density at radius 3 is 2.19 bits per heavy atom. The fraction of sp³-hybridized carbons (Fsp3) is 0.933. The van der Waals surface area contributed by atoms with E-state index < -0.39 is 67.3 Å². The van der Waals surface area contributed by atoms with Crippen molar-refractivity contribution < 1.29 is 49.3 Å². The number of amides is 1. The van der Waals surface area contributed by atoms with E-state index in [0.717, 1.165) is 0 Å². The second-order valence-corrected chi connectivity index (χ2v) is 6.50. The van der Waals surface area contributed by atoms with E-state index >= 15 is 0 Å². The smallest absolute Gasteiger partial charge is 0.217 e. The average molecular weight is 381 g/mol. The van der Waals surface area contributed by atoms with Gasteiger partial charge in [0, 0.05) is 14.0 Å². The van der Waals surface area contributed by atoms with Crippen LogP contribution in [-0.2, 0) is 23.7 Å². The predicted molar refractivity (Wildman–Crippen MR) is 83.6 cm³/mol. The molecule has 2 aliphatic heterocycles. The molecule has 11 heteroatoms. The normalized spacial score (nSPS) is 46.8. The molecule has 26 heavy (non-hydrogen) atoms. The molecule has 0 saturated carbocycles. The summed E-state index contributed by atoms with van der Waals surface area (Å²) in [6.45, 7) is 2.46. The van der Waals surface area contributed by atoms with Crippen molar-refractivity contribution in [2.24, 2.45) is 0 Å². The molecule has 0 spiro atoms. The lowest BCUT2D eigenvalue weighted by molar-refractivity contribution is -0.314. The number of hydrogen-bond acceptors (Lipinski definition) is 10. The van der Waals surface area contributed by atoms with Crippen LogP contribution in [0.4, 0.5) is 0 Å². The highest BCUT2D eigenvalue weighted by Crippen LogP contribution is 2.25. The van der Waals surface area contributed by atoms with E-state index in [9.17, 15) is 30.3 Å². The van der Waals surface area contributed by atoms with Crippen LogP contribution >= 0.6 is 0 Å². The van der Waals surface area contributed by atoms with Crippen molar-refractivity contribution in [3.05, 3.63) is 0 Å². The zero-order valence-corrected chi connectivity index (χ0v) is 14.8. The quantitative estimate of drug-likeness (QED) is 0.280. The van der Waals surface area contributed by atoms with E-state index in [2.05, 4.69) is 5.32 Å². The summed E-state index contributed by atoms with van der Waals surface area (Å²) < 4.78 is 21.3. The summed E-state index contributed by atoms with van der Waals surface area (Å²) in [5.41, 5.74) is 0. The molecule has 0 radical (unpaired) electrons. The number of ether oxygens (including phenoxy) is 4. The second kappa shape index (κ2) is 8.87. The lowest BCUT2D eigenvalue weighted by atomic mass is 9.96. The molecule has 6 N–H and O–H groups in total. The molecule has 2 aliphatic rings. The van der Waals surface area contributed by atoms with E-state index in [1.54, 1.807) is 0 Å². The maximum atomic E-state index is 11.2. The van der Waals surface area contributed by atoms with E-state index in [1.807, 2.05) is 0 Å². The molecule has 11 nitrogen and oxygen atoms in total. The molecule has 10 atom stereocenters. The van der Waals surface area contributed by atoms with Gasteiger partial charge < -0.3 is 49.8 Å². The van der Waals surface area contributed by atoms with Crippen molar-refractivity contribution >= 4 is 5.91 Å². The Balaban J connectivity index is 1.98. The number of hydrogen-bond donors (Lipinski definition) is 6. The molecule has 1 amide bonds. The van der Waals surface area contributed by atoms with Gasteiger partial charge in [0.05, 0.1) is 12.7 Å². The van der Waals surface area contributed by atoms with Gasteiger partial charge in [-0.15, -0.1) is 0 Å². The fourth-order valence-electron chi connectivity index (χ4n) is 3.00. The van der Waals surface area contributed by atoms with E-state index in [1.165, 1.54) is 21.0 Å². The zero-order chi connectivity index (χ0) is 19.6. The summed E-state index contributed by atoms with van der Waals surface area (Å²) >= 11 is 0. The maximum Gasteiger partial charge on any atom is 0.217 e. The van der Waals surface area contributed by atoms with E-state index in [0.29, 0.717) is 0 Å². The lowest BCUT2D eigenvalue weighted by Gasteiger charge is -2.43.